The second kappa shape index (κ2) is 8.10. The standard InChI is InChI=1S/C14H31N3O/c1-4-14(5-2,17-10-6-7-11-17)13(16-15)9-8-12-18-3/h13,16H,4-12,15H2,1-3H3. The molecule has 1 fully saturated rings. The number of rotatable bonds is 9. The van der Waals surface area contributed by atoms with E-state index in [4.69, 9.17) is 10.6 Å². The summed E-state index contributed by atoms with van der Waals surface area (Å²) < 4.78 is 5.16. The van der Waals surface area contributed by atoms with Crippen molar-refractivity contribution in [3.8, 4) is 0 Å². The number of likely N-dealkylation sites (tertiary alicyclic amines) is 1. The van der Waals surface area contributed by atoms with Crippen LogP contribution in [0, 0.1) is 0 Å². The van der Waals surface area contributed by atoms with Gasteiger partial charge in [0.15, 0.2) is 0 Å². The molecule has 1 heterocycles. The minimum Gasteiger partial charge on any atom is -0.385 e. The first kappa shape index (κ1) is 15.9. The molecular weight excluding hydrogens is 226 g/mol. The second-order valence-electron chi connectivity index (χ2n) is 5.36. The van der Waals surface area contributed by atoms with E-state index in [1.54, 1.807) is 7.11 Å². The molecule has 1 rings (SSSR count). The summed E-state index contributed by atoms with van der Waals surface area (Å²) in [5.41, 5.74) is 3.30. The van der Waals surface area contributed by atoms with Crippen LogP contribution in [0.2, 0.25) is 0 Å². The smallest absolute Gasteiger partial charge is 0.0462 e. The normalized spacial score (nSPS) is 19.3. The van der Waals surface area contributed by atoms with Crippen LogP contribution in [0.25, 0.3) is 0 Å². The Bertz CT molecular complexity index is 213. The molecule has 4 nitrogen and oxygen atoms in total. The molecule has 1 atom stereocenters. The summed E-state index contributed by atoms with van der Waals surface area (Å²) in [4.78, 5) is 2.66. The number of hydrogen-bond acceptors (Lipinski definition) is 4. The van der Waals surface area contributed by atoms with Gasteiger partial charge in [-0.1, -0.05) is 13.8 Å². The molecule has 1 saturated heterocycles. The third-order valence-electron chi connectivity index (χ3n) is 4.65. The fourth-order valence-corrected chi connectivity index (χ4v) is 3.51. The van der Waals surface area contributed by atoms with Gasteiger partial charge in [-0.3, -0.25) is 16.2 Å². The number of nitrogens with two attached hydrogens (primary N) is 1. The van der Waals surface area contributed by atoms with Crippen LogP contribution in [0.3, 0.4) is 0 Å². The molecule has 1 unspecified atom stereocenters. The highest BCUT2D eigenvalue weighted by Crippen LogP contribution is 2.33. The largest absolute Gasteiger partial charge is 0.385 e. The Balaban J connectivity index is 2.71. The topological polar surface area (TPSA) is 50.5 Å². The summed E-state index contributed by atoms with van der Waals surface area (Å²) >= 11 is 0. The molecule has 0 saturated carbocycles. The molecule has 0 bridgehead atoms. The van der Waals surface area contributed by atoms with E-state index in [0.29, 0.717) is 6.04 Å². The van der Waals surface area contributed by atoms with Crippen molar-refractivity contribution in [2.24, 2.45) is 5.84 Å². The molecule has 0 radical (unpaired) electrons. The molecule has 1 aliphatic rings. The third kappa shape index (κ3) is 3.44. The number of nitrogens with zero attached hydrogens (tertiary/aromatic N) is 1. The molecule has 108 valence electrons. The van der Waals surface area contributed by atoms with E-state index in [1.165, 1.54) is 25.9 Å². The van der Waals surface area contributed by atoms with Gasteiger partial charge >= 0.3 is 0 Å². The van der Waals surface area contributed by atoms with Crippen molar-refractivity contribution in [2.45, 2.75) is 64.0 Å². The van der Waals surface area contributed by atoms with Crippen molar-refractivity contribution < 1.29 is 4.74 Å². The van der Waals surface area contributed by atoms with Crippen LogP contribution in [0.5, 0.6) is 0 Å². The van der Waals surface area contributed by atoms with Crippen molar-refractivity contribution in [3.05, 3.63) is 0 Å². The molecule has 0 aromatic carbocycles. The van der Waals surface area contributed by atoms with E-state index < -0.39 is 0 Å². The van der Waals surface area contributed by atoms with Crippen molar-refractivity contribution in [3.63, 3.8) is 0 Å². The van der Waals surface area contributed by atoms with Gasteiger partial charge in [0, 0.05) is 25.3 Å². The lowest BCUT2D eigenvalue weighted by molar-refractivity contribution is 0.0543. The van der Waals surface area contributed by atoms with Crippen LogP contribution in [-0.4, -0.2) is 43.3 Å². The Labute approximate surface area is 112 Å². The predicted octanol–water partition coefficient (Wildman–Crippen LogP) is 1.90. The molecule has 1 aliphatic heterocycles. The fourth-order valence-electron chi connectivity index (χ4n) is 3.51. The first-order valence-electron chi connectivity index (χ1n) is 7.45. The van der Waals surface area contributed by atoms with Crippen LogP contribution in [0.15, 0.2) is 0 Å². The van der Waals surface area contributed by atoms with Gasteiger partial charge in [0.25, 0.3) is 0 Å². The molecule has 3 N–H and O–H groups in total. The molecule has 18 heavy (non-hydrogen) atoms. The molecular formula is C14H31N3O. The highest BCUT2D eigenvalue weighted by Gasteiger charge is 2.41. The van der Waals surface area contributed by atoms with Gasteiger partial charge in [0.05, 0.1) is 0 Å². The van der Waals surface area contributed by atoms with E-state index >= 15 is 0 Å². The van der Waals surface area contributed by atoms with Crippen LogP contribution in [-0.2, 0) is 4.74 Å². The number of methoxy groups -OCH3 is 1. The van der Waals surface area contributed by atoms with E-state index in [1.807, 2.05) is 0 Å². The monoisotopic (exact) mass is 257 g/mol. The van der Waals surface area contributed by atoms with Gasteiger partial charge in [-0.25, -0.2) is 0 Å². The van der Waals surface area contributed by atoms with Gasteiger partial charge in [0.1, 0.15) is 0 Å². The Hall–Kier alpha value is -0.160. The van der Waals surface area contributed by atoms with E-state index in [0.717, 1.165) is 32.3 Å². The zero-order valence-corrected chi connectivity index (χ0v) is 12.4. The van der Waals surface area contributed by atoms with Crippen LogP contribution >= 0.6 is 0 Å². The van der Waals surface area contributed by atoms with Crippen molar-refractivity contribution in [1.29, 1.82) is 0 Å². The average Bonchev–Trinajstić information content (AvgIpc) is 2.93. The lowest BCUT2D eigenvalue weighted by Gasteiger charge is -2.46. The number of hydrazine groups is 1. The Morgan fingerprint density at radius 2 is 1.89 bits per heavy atom. The molecule has 0 amide bonds. The van der Waals surface area contributed by atoms with Crippen molar-refractivity contribution in [1.82, 2.24) is 10.3 Å². The minimum atomic E-state index is 0.221. The van der Waals surface area contributed by atoms with Crippen LogP contribution < -0.4 is 11.3 Å². The maximum absolute atomic E-state index is 5.84. The van der Waals surface area contributed by atoms with Gasteiger partial charge in [0.2, 0.25) is 0 Å². The van der Waals surface area contributed by atoms with Gasteiger partial charge in [-0.05, 0) is 51.6 Å². The number of hydrogen-bond donors (Lipinski definition) is 2. The van der Waals surface area contributed by atoms with Crippen molar-refractivity contribution in [2.75, 3.05) is 26.8 Å². The summed E-state index contributed by atoms with van der Waals surface area (Å²) in [6, 6.07) is 0.362. The SMILES string of the molecule is CCC(CC)(C(CCCOC)NN)N1CCCC1. The minimum absolute atomic E-state index is 0.221. The van der Waals surface area contributed by atoms with Gasteiger partial charge < -0.3 is 4.74 Å². The highest BCUT2D eigenvalue weighted by atomic mass is 16.5. The molecule has 0 aromatic heterocycles. The van der Waals surface area contributed by atoms with E-state index in [9.17, 15) is 0 Å². The maximum Gasteiger partial charge on any atom is 0.0462 e. The van der Waals surface area contributed by atoms with Gasteiger partial charge in [-0.2, -0.15) is 0 Å². The van der Waals surface area contributed by atoms with Gasteiger partial charge in [-0.15, -0.1) is 0 Å². The molecule has 0 aromatic rings. The summed E-state index contributed by atoms with van der Waals surface area (Å²) in [7, 11) is 1.76. The third-order valence-corrected chi connectivity index (χ3v) is 4.65. The first-order valence-corrected chi connectivity index (χ1v) is 7.45. The maximum atomic E-state index is 5.84. The number of ether oxygens (including phenoxy) is 1. The van der Waals surface area contributed by atoms with Crippen LogP contribution in [0.1, 0.15) is 52.4 Å². The fraction of sp³-hybridized carbons (Fsp3) is 1.00. The summed E-state index contributed by atoms with van der Waals surface area (Å²) in [6.45, 7) is 7.86. The summed E-state index contributed by atoms with van der Waals surface area (Å²) in [5, 5.41) is 0. The second-order valence-corrected chi connectivity index (χ2v) is 5.36. The quantitative estimate of drug-likeness (QED) is 0.376. The average molecular weight is 257 g/mol. The van der Waals surface area contributed by atoms with E-state index in [-0.39, 0.29) is 5.54 Å². The zero-order valence-electron chi connectivity index (χ0n) is 12.4. The molecule has 4 heteroatoms. The zero-order chi connectivity index (χ0) is 13.4. The summed E-state index contributed by atoms with van der Waals surface area (Å²) in [5.74, 6) is 5.84. The molecule has 0 aliphatic carbocycles. The lowest BCUT2D eigenvalue weighted by atomic mass is 9.81. The first-order chi connectivity index (χ1) is 8.75. The van der Waals surface area contributed by atoms with Crippen molar-refractivity contribution >= 4 is 0 Å². The number of nitrogens with one attached hydrogen (secondary N) is 1. The van der Waals surface area contributed by atoms with Crippen LogP contribution in [0.4, 0.5) is 0 Å². The van der Waals surface area contributed by atoms with E-state index in [2.05, 4.69) is 24.2 Å². The highest BCUT2D eigenvalue weighted by molar-refractivity contribution is 4.99. The Kier molecular flexibility index (Phi) is 7.15. The Morgan fingerprint density at radius 1 is 1.28 bits per heavy atom. The predicted molar refractivity (Wildman–Crippen MR) is 76.3 cm³/mol. The molecule has 0 spiro atoms. The lowest BCUT2D eigenvalue weighted by Crippen LogP contribution is -2.61. The Morgan fingerprint density at radius 3 is 2.33 bits per heavy atom. The summed E-state index contributed by atoms with van der Waals surface area (Å²) in [6.07, 6.45) is 7.13.